The number of amides is 2. The molecular weight excluding hydrogens is 404 g/mol. The second-order valence-electron chi connectivity index (χ2n) is 6.16. The SMILES string of the molecule is C=CCN(CC=C)C(=O)COC(=O)c1ccccc1NC(=O)CSc1nccn1C. The standard InChI is InChI=1S/C21H24N4O4S/c1-4-11-25(12-5-2)19(27)14-29-20(28)16-8-6-7-9-17(16)23-18(26)15-30-21-22-10-13-24(21)3/h4-10,13H,1-2,11-12,14-15H2,3H3,(H,23,26). The average molecular weight is 429 g/mol. The van der Waals surface area contributed by atoms with Crippen molar-refractivity contribution >= 4 is 35.2 Å². The zero-order valence-electron chi connectivity index (χ0n) is 16.7. The first-order valence-corrected chi connectivity index (χ1v) is 10.1. The van der Waals surface area contributed by atoms with Crippen LogP contribution in [0.4, 0.5) is 5.69 Å². The van der Waals surface area contributed by atoms with Gasteiger partial charge in [-0.2, -0.15) is 0 Å². The largest absolute Gasteiger partial charge is 0.452 e. The van der Waals surface area contributed by atoms with E-state index in [0.29, 0.717) is 23.9 Å². The van der Waals surface area contributed by atoms with Gasteiger partial charge in [-0.1, -0.05) is 36.0 Å². The van der Waals surface area contributed by atoms with Gasteiger partial charge in [0.25, 0.3) is 5.91 Å². The number of esters is 1. The molecule has 158 valence electrons. The molecule has 0 spiro atoms. The number of thioether (sulfide) groups is 1. The van der Waals surface area contributed by atoms with Crippen molar-refractivity contribution in [1.29, 1.82) is 0 Å². The number of carbonyl (C=O) groups is 3. The van der Waals surface area contributed by atoms with E-state index in [1.165, 1.54) is 22.7 Å². The minimum atomic E-state index is -0.701. The molecule has 0 aliphatic rings. The Morgan fingerprint density at radius 1 is 1.23 bits per heavy atom. The van der Waals surface area contributed by atoms with E-state index in [1.807, 2.05) is 11.6 Å². The molecule has 1 aromatic heterocycles. The number of rotatable bonds is 11. The molecule has 2 amide bonds. The summed E-state index contributed by atoms with van der Waals surface area (Å²) in [6.45, 7) is 7.43. The number of para-hydroxylation sites is 1. The van der Waals surface area contributed by atoms with Gasteiger partial charge in [-0.15, -0.1) is 13.2 Å². The maximum absolute atomic E-state index is 12.5. The molecule has 0 fully saturated rings. The average Bonchev–Trinajstić information content (AvgIpc) is 3.15. The van der Waals surface area contributed by atoms with Crippen molar-refractivity contribution in [2.24, 2.45) is 7.05 Å². The molecule has 0 atom stereocenters. The monoisotopic (exact) mass is 428 g/mol. The van der Waals surface area contributed by atoms with Crippen molar-refractivity contribution in [2.45, 2.75) is 5.16 Å². The smallest absolute Gasteiger partial charge is 0.340 e. The van der Waals surface area contributed by atoms with Crippen LogP contribution in [0.25, 0.3) is 0 Å². The van der Waals surface area contributed by atoms with Crippen LogP contribution in [0.3, 0.4) is 0 Å². The molecule has 2 aromatic rings. The Kier molecular flexibility index (Phi) is 8.89. The predicted octanol–water partition coefficient (Wildman–Crippen LogP) is 2.51. The number of imidazole rings is 1. The van der Waals surface area contributed by atoms with Gasteiger partial charge >= 0.3 is 5.97 Å². The van der Waals surface area contributed by atoms with Crippen molar-refractivity contribution in [2.75, 3.05) is 30.8 Å². The first-order chi connectivity index (χ1) is 14.5. The Labute approximate surface area is 179 Å². The number of aromatic nitrogens is 2. The molecule has 0 radical (unpaired) electrons. The molecule has 0 saturated carbocycles. The summed E-state index contributed by atoms with van der Waals surface area (Å²) in [4.78, 5) is 42.6. The number of nitrogens with zero attached hydrogens (tertiary/aromatic N) is 3. The van der Waals surface area contributed by atoms with E-state index in [0.717, 1.165) is 0 Å². The summed E-state index contributed by atoms with van der Waals surface area (Å²) in [6.07, 6.45) is 6.60. The van der Waals surface area contributed by atoms with Crippen LogP contribution < -0.4 is 5.32 Å². The van der Waals surface area contributed by atoms with Crippen molar-refractivity contribution in [3.05, 3.63) is 67.5 Å². The second-order valence-corrected chi connectivity index (χ2v) is 7.10. The highest BCUT2D eigenvalue weighted by Gasteiger charge is 2.18. The zero-order valence-corrected chi connectivity index (χ0v) is 17.6. The molecule has 9 heteroatoms. The Morgan fingerprint density at radius 3 is 2.57 bits per heavy atom. The number of carbonyl (C=O) groups excluding carboxylic acids is 3. The summed E-state index contributed by atoms with van der Waals surface area (Å²) >= 11 is 1.28. The van der Waals surface area contributed by atoms with Gasteiger partial charge in [0.15, 0.2) is 11.8 Å². The van der Waals surface area contributed by atoms with Crippen LogP contribution in [0.15, 0.2) is 67.1 Å². The number of hydrogen-bond acceptors (Lipinski definition) is 6. The van der Waals surface area contributed by atoms with Gasteiger partial charge in [0.2, 0.25) is 5.91 Å². The maximum Gasteiger partial charge on any atom is 0.340 e. The lowest BCUT2D eigenvalue weighted by Gasteiger charge is -2.19. The van der Waals surface area contributed by atoms with Crippen LogP contribution in [0.5, 0.6) is 0 Å². The molecule has 1 heterocycles. The van der Waals surface area contributed by atoms with E-state index in [-0.39, 0.29) is 23.1 Å². The van der Waals surface area contributed by atoms with Crippen LogP contribution in [0.2, 0.25) is 0 Å². The fourth-order valence-electron chi connectivity index (χ4n) is 2.46. The summed E-state index contributed by atoms with van der Waals surface area (Å²) in [7, 11) is 1.84. The van der Waals surface area contributed by atoms with Gasteiger partial charge in [-0.25, -0.2) is 9.78 Å². The topological polar surface area (TPSA) is 93.5 Å². The van der Waals surface area contributed by atoms with Gasteiger partial charge in [-0.3, -0.25) is 9.59 Å². The highest BCUT2D eigenvalue weighted by Crippen LogP contribution is 2.19. The number of nitrogens with one attached hydrogen (secondary N) is 1. The van der Waals surface area contributed by atoms with E-state index < -0.39 is 12.6 Å². The van der Waals surface area contributed by atoms with E-state index in [1.54, 1.807) is 42.7 Å². The number of benzene rings is 1. The number of aryl methyl sites for hydroxylation is 1. The van der Waals surface area contributed by atoms with E-state index in [9.17, 15) is 14.4 Å². The Morgan fingerprint density at radius 2 is 1.93 bits per heavy atom. The molecule has 30 heavy (non-hydrogen) atoms. The van der Waals surface area contributed by atoms with Gasteiger partial charge in [-0.05, 0) is 12.1 Å². The van der Waals surface area contributed by atoms with Crippen LogP contribution >= 0.6 is 11.8 Å². The Hall–Kier alpha value is -3.33. The molecule has 1 aromatic carbocycles. The molecule has 2 rings (SSSR count). The minimum Gasteiger partial charge on any atom is -0.452 e. The van der Waals surface area contributed by atoms with Crippen molar-refractivity contribution in [3.63, 3.8) is 0 Å². The zero-order chi connectivity index (χ0) is 21.9. The van der Waals surface area contributed by atoms with Crippen LogP contribution in [0, 0.1) is 0 Å². The van der Waals surface area contributed by atoms with Gasteiger partial charge < -0.3 is 19.5 Å². The highest BCUT2D eigenvalue weighted by atomic mass is 32.2. The summed E-state index contributed by atoms with van der Waals surface area (Å²) in [5.74, 6) is -1.23. The van der Waals surface area contributed by atoms with Crippen molar-refractivity contribution < 1.29 is 19.1 Å². The van der Waals surface area contributed by atoms with Crippen molar-refractivity contribution in [3.8, 4) is 0 Å². The first-order valence-electron chi connectivity index (χ1n) is 9.12. The molecule has 0 unspecified atom stereocenters. The molecule has 0 aliphatic carbocycles. The lowest BCUT2D eigenvalue weighted by atomic mass is 10.2. The Bertz CT molecular complexity index is 915. The molecule has 0 saturated heterocycles. The maximum atomic E-state index is 12.5. The van der Waals surface area contributed by atoms with E-state index >= 15 is 0 Å². The van der Waals surface area contributed by atoms with Crippen LogP contribution in [0.1, 0.15) is 10.4 Å². The second kappa shape index (κ2) is 11.6. The lowest BCUT2D eigenvalue weighted by Crippen LogP contribution is -2.35. The summed E-state index contributed by atoms with van der Waals surface area (Å²) in [5.41, 5.74) is 0.481. The lowest BCUT2D eigenvalue weighted by molar-refractivity contribution is -0.133. The molecule has 1 N–H and O–H groups in total. The first kappa shape index (κ1) is 23.0. The Balaban J connectivity index is 1.96. The minimum absolute atomic E-state index is 0.130. The van der Waals surface area contributed by atoms with Crippen LogP contribution in [-0.2, 0) is 21.4 Å². The summed E-state index contributed by atoms with van der Waals surface area (Å²) in [6, 6.07) is 6.47. The van der Waals surface area contributed by atoms with E-state index in [4.69, 9.17) is 4.74 Å². The molecule has 0 aliphatic heterocycles. The summed E-state index contributed by atoms with van der Waals surface area (Å²) in [5, 5.41) is 3.41. The quantitative estimate of drug-likeness (QED) is 0.336. The summed E-state index contributed by atoms with van der Waals surface area (Å²) < 4.78 is 6.96. The fourth-order valence-corrected chi connectivity index (χ4v) is 3.20. The molecule has 0 bridgehead atoms. The van der Waals surface area contributed by atoms with Crippen molar-refractivity contribution in [1.82, 2.24) is 14.5 Å². The number of hydrogen-bond donors (Lipinski definition) is 1. The predicted molar refractivity (Wildman–Crippen MR) is 116 cm³/mol. The molecular formula is C21H24N4O4S. The van der Waals surface area contributed by atoms with Gasteiger partial charge in [0.05, 0.1) is 17.0 Å². The normalized spacial score (nSPS) is 10.2. The third-order valence-corrected chi connectivity index (χ3v) is 4.97. The third kappa shape index (κ3) is 6.63. The van der Waals surface area contributed by atoms with Gasteiger partial charge in [0.1, 0.15) is 0 Å². The number of ether oxygens (including phenoxy) is 1. The third-order valence-electron chi connectivity index (χ3n) is 3.91. The molecule has 8 nitrogen and oxygen atoms in total. The highest BCUT2D eigenvalue weighted by molar-refractivity contribution is 7.99. The fraction of sp³-hybridized carbons (Fsp3) is 0.238. The van der Waals surface area contributed by atoms with Crippen LogP contribution in [-0.4, -0.2) is 57.7 Å². The van der Waals surface area contributed by atoms with E-state index in [2.05, 4.69) is 23.5 Å². The number of anilines is 1. The van der Waals surface area contributed by atoms with Gasteiger partial charge in [0, 0.05) is 32.5 Å².